The third-order valence-corrected chi connectivity index (χ3v) is 11.9. The first-order valence-corrected chi connectivity index (χ1v) is 17.2. The Balaban J connectivity index is 2.54. The fourth-order valence-corrected chi connectivity index (χ4v) is 5.17. The summed E-state index contributed by atoms with van der Waals surface area (Å²) in [5.41, 5.74) is 0.406. The van der Waals surface area contributed by atoms with Gasteiger partial charge in [-0.2, -0.15) is 0 Å². The van der Waals surface area contributed by atoms with Gasteiger partial charge in [0.1, 0.15) is 22.3 Å². The maximum absolute atomic E-state index is 14.5. The van der Waals surface area contributed by atoms with E-state index in [1.165, 1.54) is 18.3 Å². The number of aliphatic hydroxyl groups is 1. The molecule has 40 heavy (non-hydrogen) atoms. The van der Waals surface area contributed by atoms with Gasteiger partial charge in [0.15, 0.2) is 8.32 Å². The van der Waals surface area contributed by atoms with Gasteiger partial charge in [-0.25, -0.2) is 14.2 Å². The van der Waals surface area contributed by atoms with E-state index in [4.69, 9.17) is 39.5 Å². The van der Waals surface area contributed by atoms with Crippen LogP contribution in [0.4, 0.5) is 4.39 Å². The molecule has 1 aromatic carbocycles. The van der Waals surface area contributed by atoms with E-state index in [1.807, 2.05) is 26.9 Å². The minimum absolute atomic E-state index is 0.0160. The minimum Gasteiger partial charge on any atom is -0.506 e. The number of aromatic nitrogens is 1. The Morgan fingerprint density at radius 2 is 1.90 bits per heavy atom. The van der Waals surface area contributed by atoms with Crippen LogP contribution >= 0.6 is 34.8 Å². The maximum atomic E-state index is 14.5. The summed E-state index contributed by atoms with van der Waals surface area (Å²) in [5.74, 6) is -1.75. The van der Waals surface area contributed by atoms with E-state index >= 15 is 0 Å². The van der Waals surface area contributed by atoms with Crippen LogP contribution in [0.15, 0.2) is 34.8 Å². The Labute approximate surface area is 252 Å². The number of benzene rings is 1. The van der Waals surface area contributed by atoms with Crippen molar-refractivity contribution >= 4 is 61.1 Å². The van der Waals surface area contributed by atoms with E-state index in [1.54, 1.807) is 19.1 Å². The Bertz CT molecular complexity index is 1280. The van der Waals surface area contributed by atoms with Gasteiger partial charge in [-0.1, -0.05) is 74.6 Å². The molecule has 1 atom stereocenters. The molecule has 2 N–H and O–H groups in total. The predicted octanol–water partition coefficient (Wildman–Crippen LogP) is 8.46. The summed E-state index contributed by atoms with van der Waals surface area (Å²) in [6.07, 6.45) is 2.73. The van der Waals surface area contributed by atoms with Crippen molar-refractivity contribution in [1.29, 1.82) is 0 Å². The number of pyridine rings is 1. The van der Waals surface area contributed by atoms with Gasteiger partial charge in [-0.15, -0.1) is 0 Å². The molecule has 1 aromatic heterocycles. The summed E-state index contributed by atoms with van der Waals surface area (Å²) >= 11 is 18.6. The SMILES string of the molecule is CCOC(=O)C(C=N[C@H](CCC(C)(C)[Si](C)(C)O)C(C)C)=C(O)c1cc(Cc2cccc(Cl)c2F)nc(Cl)c1Cl. The van der Waals surface area contributed by atoms with E-state index in [0.717, 1.165) is 6.42 Å². The highest BCUT2D eigenvalue weighted by molar-refractivity contribution is 6.72. The Morgan fingerprint density at radius 1 is 1.25 bits per heavy atom. The van der Waals surface area contributed by atoms with Gasteiger partial charge < -0.3 is 14.6 Å². The first-order valence-electron chi connectivity index (χ1n) is 13.1. The van der Waals surface area contributed by atoms with Crippen molar-refractivity contribution in [1.82, 2.24) is 4.98 Å². The molecular weight excluding hydrogens is 594 g/mol. The molecule has 6 nitrogen and oxygen atoms in total. The number of nitrogens with zero attached hydrogens (tertiary/aromatic N) is 2. The number of carbonyl (C=O) groups excluding carboxylic acids is 1. The molecule has 0 aliphatic heterocycles. The van der Waals surface area contributed by atoms with Gasteiger partial charge in [-0.05, 0) is 61.5 Å². The van der Waals surface area contributed by atoms with Crippen molar-refractivity contribution in [3.63, 3.8) is 0 Å². The number of aliphatic imine (C=N–C) groups is 1. The normalized spacial score (nSPS) is 14.0. The lowest BCUT2D eigenvalue weighted by molar-refractivity contribution is -0.137. The molecule has 0 saturated heterocycles. The summed E-state index contributed by atoms with van der Waals surface area (Å²) in [5, 5.41) is 10.8. The number of aliphatic hydroxyl groups excluding tert-OH is 1. The number of esters is 1. The van der Waals surface area contributed by atoms with E-state index < -0.39 is 25.9 Å². The van der Waals surface area contributed by atoms with E-state index in [2.05, 4.69) is 23.8 Å². The maximum Gasteiger partial charge on any atom is 0.343 e. The van der Waals surface area contributed by atoms with Crippen molar-refractivity contribution < 1.29 is 23.8 Å². The van der Waals surface area contributed by atoms with Crippen LogP contribution in [-0.4, -0.2) is 48.0 Å². The Morgan fingerprint density at radius 3 is 2.48 bits per heavy atom. The molecule has 2 rings (SSSR count). The molecule has 0 aliphatic carbocycles. The molecule has 0 radical (unpaired) electrons. The number of rotatable bonds is 12. The van der Waals surface area contributed by atoms with Crippen LogP contribution in [0.3, 0.4) is 0 Å². The van der Waals surface area contributed by atoms with Crippen molar-refractivity contribution in [3.8, 4) is 0 Å². The van der Waals surface area contributed by atoms with Gasteiger partial charge >= 0.3 is 5.97 Å². The molecule has 0 aliphatic rings. The summed E-state index contributed by atoms with van der Waals surface area (Å²) in [7, 11) is -2.41. The average Bonchev–Trinajstić information content (AvgIpc) is 2.85. The third-order valence-electron chi connectivity index (χ3n) is 7.27. The largest absolute Gasteiger partial charge is 0.506 e. The number of halogens is 4. The zero-order valence-electron chi connectivity index (χ0n) is 24.0. The molecule has 0 saturated carbocycles. The lowest BCUT2D eigenvalue weighted by atomic mass is 9.95. The summed E-state index contributed by atoms with van der Waals surface area (Å²) in [6, 6.07) is 5.86. The molecule has 220 valence electrons. The molecule has 11 heteroatoms. The summed E-state index contributed by atoms with van der Waals surface area (Å²) < 4.78 is 19.7. The Hall–Kier alpha value is -1.97. The van der Waals surface area contributed by atoms with Crippen molar-refractivity contribution in [2.75, 3.05) is 6.61 Å². The van der Waals surface area contributed by atoms with Crippen molar-refractivity contribution in [3.05, 3.63) is 67.7 Å². The number of hydrogen-bond acceptors (Lipinski definition) is 6. The lowest BCUT2D eigenvalue weighted by Crippen LogP contribution is -2.39. The van der Waals surface area contributed by atoms with Crippen molar-refractivity contribution in [2.45, 2.75) is 78.1 Å². The highest BCUT2D eigenvalue weighted by Gasteiger charge is 2.38. The molecule has 0 unspecified atom stereocenters. The number of ether oxygens (including phenoxy) is 1. The van der Waals surface area contributed by atoms with Crippen molar-refractivity contribution in [2.24, 2.45) is 10.9 Å². The topological polar surface area (TPSA) is 92.0 Å². The number of carbonyl (C=O) groups is 1. The fraction of sp³-hybridized carbons (Fsp3) is 0.483. The minimum atomic E-state index is -2.41. The van der Waals surface area contributed by atoms with Gasteiger partial charge in [0.25, 0.3) is 0 Å². The van der Waals surface area contributed by atoms with E-state index in [0.29, 0.717) is 12.1 Å². The standard InChI is InChI=1S/C29H38Cl3FN2O4Si/c1-8-39-28(37)21(16-34-23(17(2)3)12-13-29(4,5)40(6,7)38)26(36)20-15-19(35-27(32)24(20)31)14-18-10-9-11-22(30)25(18)33/h9-11,15-17,23,36,38H,8,12-14H2,1-7H3/t23-/m1/s1. The average molecular weight is 632 g/mol. The zero-order valence-corrected chi connectivity index (χ0v) is 27.3. The zero-order chi connectivity index (χ0) is 30.4. The highest BCUT2D eigenvalue weighted by atomic mass is 35.5. The molecule has 0 bridgehead atoms. The van der Waals surface area contributed by atoms with Crippen LogP contribution < -0.4 is 0 Å². The molecular formula is C29H38Cl3FN2O4Si. The van der Waals surface area contributed by atoms with Crippen LogP contribution in [0.25, 0.3) is 5.76 Å². The second-order valence-corrected chi connectivity index (χ2v) is 16.8. The molecule has 0 amide bonds. The second kappa shape index (κ2) is 14.3. The van der Waals surface area contributed by atoms with Crippen LogP contribution in [0, 0.1) is 11.7 Å². The summed E-state index contributed by atoms with van der Waals surface area (Å²) in [6.45, 7) is 13.7. The quantitative estimate of drug-likeness (QED) is 0.0612. The predicted molar refractivity (Wildman–Crippen MR) is 165 cm³/mol. The van der Waals surface area contributed by atoms with Gasteiger partial charge in [-0.3, -0.25) is 4.99 Å². The lowest BCUT2D eigenvalue weighted by Gasteiger charge is -2.36. The fourth-order valence-electron chi connectivity index (χ4n) is 3.82. The second-order valence-electron chi connectivity index (χ2n) is 11.2. The van der Waals surface area contributed by atoms with Crippen LogP contribution in [-0.2, 0) is 16.0 Å². The third kappa shape index (κ3) is 8.76. The highest BCUT2D eigenvalue weighted by Crippen LogP contribution is 2.41. The van der Waals surface area contributed by atoms with Gasteiger partial charge in [0, 0.05) is 23.9 Å². The molecule has 2 aromatic rings. The number of hydrogen-bond donors (Lipinski definition) is 2. The molecule has 0 spiro atoms. The summed E-state index contributed by atoms with van der Waals surface area (Å²) in [4.78, 5) is 32.5. The van der Waals surface area contributed by atoms with Gasteiger partial charge in [0.2, 0.25) is 0 Å². The first kappa shape index (κ1) is 34.2. The van der Waals surface area contributed by atoms with Gasteiger partial charge in [0.05, 0.1) is 22.7 Å². The van der Waals surface area contributed by atoms with E-state index in [-0.39, 0.29) is 61.9 Å². The Kier molecular flexibility index (Phi) is 12.2. The monoisotopic (exact) mass is 630 g/mol. The van der Waals surface area contributed by atoms with Crippen LogP contribution in [0.1, 0.15) is 64.3 Å². The van der Waals surface area contributed by atoms with E-state index in [9.17, 15) is 19.1 Å². The first-order chi connectivity index (χ1) is 18.5. The molecule has 1 heterocycles. The van der Waals surface area contributed by atoms with Crippen LogP contribution in [0.2, 0.25) is 33.3 Å². The smallest absolute Gasteiger partial charge is 0.343 e. The molecule has 0 fully saturated rings. The van der Waals surface area contributed by atoms with Crippen LogP contribution in [0.5, 0.6) is 0 Å².